The van der Waals surface area contributed by atoms with E-state index in [9.17, 15) is 44.1 Å². The van der Waals surface area contributed by atoms with Crippen molar-refractivity contribution in [3.8, 4) is 17.2 Å². The number of allylic oxidation sites excluding steroid dienone is 2. The highest BCUT2D eigenvalue weighted by Crippen LogP contribution is 2.50. The molecule has 0 aromatic heterocycles. The second kappa shape index (κ2) is 24.7. The first-order valence-corrected chi connectivity index (χ1v) is 29.4. The minimum atomic E-state index is -2.01. The van der Waals surface area contributed by atoms with E-state index in [-0.39, 0.29) is 80.2 Å². The van der Waals surface area contributed by atoms with Gasteiger partial charge in [0.25, 0.3) is 11.7 Å². The van der Waals surface area contributed by atoms with Gasteiger partial charge >= 0.3 is 17.7 Å². The van der Waals surface area contributed by atoms with Gasteiger partial charge in [0.05, 0.1) is 41.2 Å². The number of nitrogens with one attached hydrogen (secondary N) is 2. The van der Waals surface area contributed by atoms with E-state index in [1.54, 1.807) is 59.8 Å². The second-order valence-corrected chi connectivity index (χ2v) is 24.9. The molecule has 9 rings (SSSR count). The van der Waals surface area contributed by atoms with Crippen LogP contribution in [-0.4, -0.2) is 135 Å². The molecule has 436 valence electrons. The minimum Gasteiger partial charge on any atom is -0.507 e. The van der Waals surface area contributed by atoms with Crippen molar-refractivity contribution < 1.29 is 67.8 Å². The highest BCUT2D eigenvalue weighted by molar-refractivity contribution is 8.00. The molecule has 3 saturated heterocycles. The lowest BCUT2D eigenvalue weighted by Crippen LogP contribution is -2.47. The molecule has 5 bridgehead atoms. The van der Waals surface area contributed by atoms with Crippen LogP contribution in [0.5, 0.6) is 17.2 Å². The SMILES string of the molecule is CO[C@H]1/C=C/O[C@@]2(C)Oc3c(C)c(O)c4c(O)c(c5c(c4c3C2=O)=NC2(CCN(CC(C)C)CC2)N=5)NC(=O)/C(C)=C\C=C\[C@H](C)[C@H](OC(=O)CCC(=O)CCCCC2SCC3CC(=O)NC32)[C@@H](C)[C@@H](O)[C@@H](C)[C@H](OC(C)=O)[C@@H]1C. The Morgan fingerprint density at radius 3 is 2.30 bits per heavy atom. The average Bonchev–Trinajstić information content (AvgIpc) is 4.16. The Balaban J connectivity index is 1.12. The lowest BCUT2D eigenvalue weighted by atomic mass is 9.78. The van der Waals surface area contributed by atoms with Gasteiger partial charge in [0, 0.05) is 124 Å². The van der Waals surface area contributed by atoms with Crippen LogP contribution < -0.4 is 26.1 Å². The van der Waals surface area contributed by atoms with E-state index in [4.69, 9.17) is 33.7 Å². The first-order valence-electron chi connectivity index (χ1n) is 28.4. The second-order valence-electron chi connectivity index (χ2n) is 23.6. The average molecular weight is 1130 g/mol. The van der Waals surface area contributed by atoms with Gasteiger partial charge in [-0.3, -0.25) is 38.8 Å². The van der Waals surface area contributed by atoms with Crippen molar-refractivity contribution in [1.29, 1.82) is 0 Å². The number of fused-ring (bicyclic) bond motifs is 14. The fourth-order valence-corrected chi connectivity index (χ4v) is 14.2. The predicted molar refractivity (Wildman–Crippen MR) is 301 cm³/mol. The Hall–Kier alpha value is -5.83. The van der Waals surface area contributed by atoms with Crippen LogP contribution in [0.1, 0.15) is 136 Å². The van der Waals surface area contributed by atoms with Gasteiger partial charge in [-0.1, -0.05) is 66.2 Å². The summed E-state index contributed by atoms with van der Waals surface area (Å²) < 4.78 is 30.6. The number of hydrogen-bond donors (Lipinski definition) is 5. The van der Waals surface area contributed by atoms with Gasteiger partial charge in [-0.25, -0.2) is 0 Å². The summed E-state index contributed by atoms with van der Waals surface area (Å²) in [6.07, 6.45) is 7.68. The largest absolute Gasteiger partial charge is 0.507 e. The number of piperidine rings is 1. The van der Waals surface area contributed by atoms with Crippen LogP contribution in [0, 0.1) is 42.4 Å². The first-order chi connectivity index (χ1) is 37.9. The minimum absolute atomic E-state index is 0.00974. The normalized spacial score (nSPS) is 32.0. The van der Waals surface area contributed by atoms with Crippen molar-refractivity contribution in [1.82, 2.24) is 10.2 Å². The van der Waals surface area contributed by atoms with Crippen LogP contribution in [0.15, 0.2) is 46.1 Å². The number of carbonyl (C=O) groups is 6. The van der Waals surface area contributed by atoms with Gasteiger partial charge in [-0.05, 0) is 50.4 Å². The maximum atomic E-state index is 14.9. The number of aromatic hydroxyl groups is 2. The number of nitrogens with zero attached hydrogens (tertiary/aromatic N) is 3. The Morgan fingerprint density at radius 2 is 1.61 bits per heavy atom. The molecule has 0 saturated carbocycles. The van der Waals surface area contributed by atoms with Gasteiger partial charge in [-0.2, -0.15) is 11.8 Å². The van der Waals surface area contributed by atoms with E-state index in [0.717, 1.165) is 25.1 Å². The summed E-state index contributed by atoms with van der Waals surface area (Å²) in [6.45, 7) is 19.4. The van der Waals surface area contributed by atoms with Crippen LogP contribution in [0.2, 0.25) is 0 Å². The molecule has 0 aliphatic carbocycles. The van der Waals surface area contributed by atoms with E-state index < -0.39 is 94.7 Å². The number of benzene rings is 2. The molecular formula is C60H81N5O14S. The molecule has 80 heavy (non-hydrogen) atoms. The van der Waals surface area contributed by atoms with Crippen LogP contribution >= 0.6 is 11.8 Å². The number of hydrogen-bond acceptors (Lipinski definition) is 18. The molecule has 20 heteroatoms. The number of Topliss-reactive ketones (excluding diaryl/α,β-unsaturated/α-hetero) is 2. The molecule has 7 heterocycles. The molecule has 5 N–H and O–H groups in total. The number of ether oxygens (including phenoxy) is 5. The third-order valence-electron chi connectivity index (χ3n) is 17.1. The fourth-order valence-electron chi connectivity index (χ4n) is 12.5. The molecule has 3 fully saturated rings. The van der Waals surface area contributed by atoms with E-state index in [0.29, 0.717) is 62.3 Å². The standard InChI is InChI=1S/C60H81N5O14S/c1-30(2)28-65-24-22-60(23-25-65)63-48-44-45-52(71)36(8)56-46(44)57(73)59(10,79-56)76-26-21-40(75-11)33(5)55(77-37(9)66)35(7)51(70)34(6)54(31(3)15-14-16-32(4)58(74)62-50(53(45)72)49(48)64-60)78-43(69)20-19-39(67)17-12-13-18-41-47-38(29-80-41)27-42(68)61-47/h14-16,21,26,30-31,33-35,38,40-41,47,51,54-55,70-72H,12-13,17-20,22-25,27-29H2,1-11H3,(H,61,68)(H,62,74)/b15-14+,26-21+,32-16-/t31-,33+,34-,35+,38?,40-,41?,47?,51+,54-,55+,59-/m0/s1. The smallest absolute Gasteiger partial charge is 0.312 e. The summed E-state index contributed by atoms with van der Waals surface area (Å²) in [7, 11) is 1.45. The number of unbranched alkanes of at least 4 members (excludes halogenated alkanes) is 1. The van der Waals surface area contributed by atoms with E-state index in [1.165, 1.54) is 33.3 Å². The number of esters is 2. The highest BCUT2D eigenvalue weighted by atomic mass is 32.2. The Bertz CT molecular complexity index is 2990. The number of rotatable bonds is 13. The fraction of sp³-hybridized carbons (Fsp3) is 0.633. The van der Waals surface area contributed by atoms with Crippen molar-refractivity contribution in [2.24, 2.45) is 45.5 Å². The van der Waals surface area contributed by atoms with Crippen molar-refractivity contribution in [3.63, 3.8) is 0 Å². The monoisotopic (exact) mass is 1130 g/mol. The zero-order valence-electron chi connectivity index (χ0n) is 48.1. The Kier molecular flexibility index (Phi) is 18.6. The van der Waals surface area contributed by atoms with Gasteiger partial charge in [0.15, 0.2) is 11.4 Å². The lowest BCUT2D eigenvalue weighted by Gasteiger charge is -2.39. The molecule has 7 aliphatic heterocycles. The quantitative estimate of drug-likeness (QED) is 0.0782. The first kappa shape index (κ1) is 60.3. The molecule has 7 aliphatic rings. The number of amides is 2. The lowest BCUT2D eigenvalue weighted by molar-refractivity contribution is -0.165. The molecule has 19 nitrogen and oxygen atoms in total. The van der Waals surface area contributed by atoms with Gasteiger partial charge in [-0.15, -0.1) is 0 Å². The Morgan fingerprint density at radius 1 is 0.912 bits per heavy atom. The van der Waals surface area contributed by atoms with Crippen molar-refractivity contribution in [3.05, 3.63) is 58.0 Å². The zero-order valence-corrected chi connectivity index (χ0v) is 48.9. The van der Waals surface area contributed by atoms with Gasteiger partial charge in [0.2, 0.25) is 5.91 Å². The number of likely N-dealkylation sites (tertiary alicyclic amines) is 1. The third kappa shape index (κ3) is 12.5. The summed E-state index contributed by atoms with van der Waals surface area (Å²) in [5.41, 5.74) is -0.773. The summed E-state index contributed by atoms with van der Waals surface area (Å²) in [5.74, 6) is -6.48. The number of thioether (sulfide) groups is 1. The van der Waals surface area contributed by atoms with Crippen molar-refractivity contribution in [2.45, 2.75) is 174 Å². The molecule has 1 spiro atoms. The highest BCUT2D eigenvalue weighted by Gasteiger charge is 2.51. The van der Waals surface area contributed by atoms with Crippen LogP contribution in [0.25, 0.3) is 10.8 Å². The molecule has 0 radical (unpaired) electrons. The van der Waals surface area contributed by atoms with E-state index in [2.05, 4.69) is 29.4 Å². The molecule has 2 aromatic carbocycles. The predicted octanol–water partition coefficient (Wildman–Crippen LogP) is 6.83. The van der Waals surface area contributed by atoms with Gasteiger partial charge < -0.3 is 54.5 Å². The maximum absolute atomic E-state index is 14.9. The van der Waals surface area contributed by atoms with Crippen LogP contribution in [0.4, 0.5) is 5.69 Å². The van der Waals surface area contributed by atoms with Gasteiger partial charge in [0.1, 0.15) is 40.5 Å². The number of aliphatic hydroxyl groups is 1. The number of phenolic OH excluding ortho intramolecular Hbond substituents is 2. The number of anilines is 1. The van der Waals surface area contributed by atoms with Crippen molar-refractivity contribution in [2.75, 3.05) is 37.8 Å². The van der Waals surface area contributed by atoms with E-state index >= 15 is 0 Å². The topological polar surface area (TPSA) is 261 Å². The van der Waals surface area contributed by atoms with Crippen molar-refractivity contribution >= 4 is 63.5 Å². The summed E-state index contributed by atoms with van der Waals surface area (Å²) in [4.78, 5) is 93.6. The number of carbonyl (C=O) groups excluding carboxylic acids is 6. The molecular weight excluding hydrogens is 1050 g/mol. The molecule has 3 unspecified atom stereocenters. The molecule has 2 aromatic rings. The Labute approximate surface area is 472 Å². The third-order valence-corrected chi connectivity index (χ3v) is 18.7. The summed E-state index contributed by atoms with van der Waals surface area (Å²) in [6, 6.07) is 0.192. The number of aliphatic hydroxyl groups excluding tert-OH is 1. The summed E-state index contributed by atoms with van der Waals surface area (Å²) >= 11 is 1.88. The number of phenols is 2. The number of ketones is 2. The number of methoxy groups -OCH3 is 1. The summed E-state index contributed by atoms with van der Waals surface area (Å²) in [5, 5.41) is 43.2. The molecule has 12 atom stereocenters. The maximum Gasteiger partial charge on any atom is 0.312 e. The molecule has 2 amide bonds. The van der Waals surface area contributed by atoms with Crippen LogP contribution in [-0.2, 0) is 42.9 Å². The van der Waals surface area contributed by atoms with E-state index in [1.807, 2.05) is 11.8 Å². The van der Waals surface area contributed by atoms with Crippen LogP contribution in [0.3, 0.4) is 0 Å². The zero-order chi connectivity index (χ0) is 58.1.